The monoisotopic (exact) mass is 526 g/mol. The van der Waals surface area contributed by atoms with Gasteiger partial charge in [-0.05, 0) is 38.1 Å². The zero-order chi connectivity index (χ0) is 26.8. The van der Waals surface area contributed by atoms with Crippen molar-refractivity contribution in [3.05, 3.63) is 98.6 Å². The van der Waals surface area contributed by atoms with E-state index in [-0.39, 0.29) is 18.7 Å². The number of methoxy groups -OCH3 is 1. The lowest BCUT2D eigenvalue weighted by atomic mass is 10.0. The number of benzene rings is 1. The summed E-state index contributed by atoms with van der Waals surface area (Å²) in [6.45, 7) is 4.06. The van der Waals surface area contributed by atoms with Crippen LogP contribution in [0.25, 0.3) is 22.2 Å². The van der Waals surface area contributed by atoms with Crippen molar-refractivity contribution in [3.63, 3.8) is 0 Å². The van der Waals surface area contributed by atoms with Crippen molar-refractivity contribution in [2.24, 2.45) is 0 Å². The number of aryl methyl sites for hydroxylation is 2. The van der Waals surface area contributed by atoms with E-state index in [1.54, 1.807) is 24.7 Å². The van der Waals surface area contributed by atoms with E-state index < -0.39 is 5.56 Å². The Labute approximate surface area is 223 Å². The number of pyridine rings is 3. The standard InChI is InChI=1S/C28H23ClN6O3/c1-16-10-20(26-17(2)31-15-32-26)19-7-4-8-24(27(19)33-16)38-14-21-22(29)11-25(37-3)34-23(21)13-35-9-5-6-18(12-30)28(35)36/h4-11,15H,13-14H2,1-3H3,(H,31,32). The second kappa shape index (κ2) is 10.4. The Kier molecular flexibility index (Phi) is 6.81. The Morgan fingerprint density at radius 3 is 2.74 bits per heavy atom. The molecule has 190 valence electrons. The Bertz CT molecular complexity index is 1770. The van der Waals surface area contributed by atoms with E-state index in [9.17, 15) is 10.1 Å². The number of hydrogen-bond acceptors (Lipinski definition) is 7. The Morgan fingerprint density at radius 1 is 1.16 bits per heavy atom. The van der Waals surface area contributed by atoms with Gasteiger partial charge in [0.1, 0.15) is 29.5 Å². The summed E-state index contributed by atoms with van der Waals surface area (Å²) in [6, 6.07) is 14.4. The van der Waals surface area contributed by atoms with Crippen molar-refractivity contribution in [1.82, 2.24) is 24.5 Å². The molecule has 0 saturated heterocycles. The molecule has 1 aromatic carbocycles. The van der Waals surface area contributed by atoms with Crippen LogP contribution >= 0.6 is 11.6 Å². The maximum Gasteiger partial charge on any atom is 0.268 e. The van der Waals surface area contributed by atoms with Crippen LogP contribution in [0.4, 0.5) is 0 Å². The first-order valence-corrected chi connectivity index (χ1v) is 12.1. The summed E-state index contributed by atoms with van der Waals surface area (Å²) in [5, 5.41) is 10.5. The predicted octanol–water partition coefficient (Wildman–Crippen LogP) is 4.96. The van der Waals surface area contributed by atoms with Crippen LogP contribution in [0.2, 0.25) is 5.02 Å². The van der Waals surface area contributed by atoms with E-state index in [2.05, 4.69) is 15.0 Å². The molecule has 0 bridgehead atoms. The van der Waals surface area contributed by atoms with Gasteiger partial charge in [-0.1, -0.05) is 23.7 Å². The number of ether oxygens (including phenoxy) is 2. The molecule has 5 aromatic rings. The molecule has 0 aliphatic rings. The fourth-order valence-electron chi connectivity index (χ4n) is 4.30. The van der Waals surface area contributed by atoms with Crippen LogP contribution in [0.15, 0.2) is 59.8 Å². The number of para-hydroxylation sites is 1. The van der Waals surface area contributed by atoms with Crippen LogP contribution in [0.1, 0.15) is 28.2 Å². The molecular weight excluding hydrogens is 504 g/mol. The quantitative estimate of drug-likeness (QED) is 0.318. The normalized spacial score (nSPS) is 10.9. The number of imidazole rings is 1. The van der Waals surface area contributed by atoms with Gasteiger partial charge < -0.3 is 19.0 Å². The molecule has 0 aliphatic heterocycles. The largest absolute Gasteiger partial charge is 0.486 e. The lowest BCUT2D eigenvalue weighted by molar-refractivity contribution is 0.306. The summed E-state index contributed by atoms with van der Waals surface area (Å²) >= 11 is 6.63. The number of halogens is 1. The van der Waals surface area contributed by atoms with Crippen molar-refractivity contribution in [1.29, 1.82) is 5.26 Å². The molecule has 0 aliphatic carbocycles. The van der Waals surface area contributed by atoms with E-state index >= 15 is 0 Å². The van der Waals surface area contributed by atoms with Crippen LogP contribution in [0.3, 0.4) is 0 Å². The molecule has 38 heavy (non-hydrogen) atoms. The molecule has 0 radical (unpaired) electrons. The number of nitrogens with one attached hydrogen (secondary N) is 1. The second-order valence-corrected chi connectivity index (χ2v) is 9.07. The first-order chi connectivity index (χ1) is 18.4. The first kappa shape index (κ1) is 25.0. The third-order valence-corrected chi connectivity index (χ3v) is 6.53. The summed E-state index contributed by atoms with van der Waals surface area (Å²) in [5.74, 6) is 0.877. The number of rotatable bonds is 7. The highest BCUT2D eigenvalue weighted by molar-refractivity contribution is 6.31. The zero-order valence-corrected chi connectivity index (χ0v) is 21.7. The molecule has 0 fully saturated rings. The third-order valence-electron chi connectivity index (χ3n) is 6.19. The highest BCUT2D eigenvalue weighted by Crippen LogP contribution is 2.34. The van der Waals surface area contributed by atoms with E-state index in [1.807, 2.05) is 44.2 Å². The van der Waals surface area contributed by atoms with E-state index in [4.69, 9.17) is 26.1 Å². The van der Waals surface area contributed by atoms with E-state index in [1.165, 1.54) is 17.7 Å². The van der Waals surface area contributed by atoms with Crippen LogP contribution in [-0.2, 0) is 13.2 Å². The molecule has 4 heterocycles. The van der Waals surface area contributed by atoms with Gasteiger partial charge >= 0.3 is 0 Å². The molecular formula is C28H23ClN6O3. The van der Waals surface area contributed by atoms with Gasteiger partial charge in [-0.15, -0.1) is 0 Å². The molecule has 0 atom stereocenters. The molecule has 0 amide bonds. The molecule has 9 nitrogen and oxygen atoms in total. The van der Waals surface area contributed by atoms with Crippen LogP contribution < -0.4 is 15.0 Å². The van der Waals surface area contributed by atoms with Crippen molar-refractivity contribution in [3.8, 4) is 29.0 Å². The number of aromatic amines is 1. The average Bonchev–Trinajstić information content (AvgIpc) is 3.34. The van der Waals surface area contributed by atoms with Gasteiger partial charge in [-0.3, -0.25) is 4.79 Å². The van der Waals surface area contributed by atoms with Crippen molar-refractivity contribution < 1.29 is 9.47 Å². The van der Waals surface area contributed by atoms with Crippen molar-refractivity contribution in [2.75, 3.05) is 7.11 Å². The smallest absolute Gasteiger partial charge is 0.268 e. The first-order valence-electron chi connectivity index (χ1n) is 11.7. The van der Waals surface area contributed by atoms with Gasteiger partial charge in [-0.25, -0.2) is 15.0 Å². The highest BCUT2D eigenvalue weighted by Gasteiger charge is 2.17. The lowest BCUT2D eigenvalue weighted by Gasteiger charge is -2.16. The summed E-state index contributed by atoms with van der Waals surface area (Å²) < 4.78 is 13.0. The topological polar surface area (TPSA) is 119 Å². The van der Waals surface area contributed by atoms with Crippen LogP contribution in [0, 0.1) is 25.2 Å². The zero-order valence-electron chi connectivity index (χ0n) is 20.9. The minimum atomic E-state index is -0.419. The van der Waals surface area contributed by atoms with Crippen molar-refractivity contribution in [2.45, 2.75) is 27.0 Å². The molecule has 5 rings (SSSR count). The van der Waals surface area contributed by atoms with Gasteiger partial charge in [-0.2, -0.15) is 5.26 Å². The minimum absolute atomic E-state index is 0.0412. The summed E-state index contributed by atoms with van der Waals surface area (Å²) in [6.07, 6.45) is 3.27. The number of hydrogen-bond donors (Lipinski definition) is 1. The fraction of sp³-hybridized carbons (Fsp3) is 0.179. The maximum absolute atomic E-state index is 12.7. The second-order valence-electron chi connectivity index (χ2n) is 8.67. The molecule has 0 spiro atoms. The average molecular weight is 527 g/mol. The SMILES string of the molecule is COc1cc(Cl)c(COc2cccc3c(-c4nc[nH]c4C)cc(C)nc23)c(Cn2cccc(C#N)c2=O)n1. The number of fused-ring (bicyclic) bond motifs is 1. The Hall–Kier alpha value is -4.68. The summed E-state index contributed by atoms with van der Waals surface area (Å²) in [7, 11) is 1.49. The van der Waals surface area contributed by atoms with E-state index in [0.717, 1.165) is 28.0 Å². The summed E-state index contributed by atoms with van der Waals surface area (Å²) in [5.41, 5.74) is 5.00. The van der Waals surface area contributed by atoms with Gasteiger partial charge in [0.15, 0.2) is 0 Å². The van der Waals surface area contributed by atoms with Gasteiger partial charge in [0.05, 0.1) is 36.4 Å². The Morgan fingerprint density at radius 2 is 2.00 bits per heavy atom. The number of H-pyrrole nitrogens is 1. The molecule has 10 heteroatoms. The lowest BCUT2D eigenvalue weighted by Crippen LogP contribution is -2.23. The molecule has 0 unspecified atom stereocenters. The third kappa shape index (κ3) is 4.69. The van der Waals surface area contributed by atoms with Gasteiger partial charge in [0.25, 0.3) is 5.56 Å². The van der Waals surface area contributed by atoms with E-state index in [0.29, 0.717) is 33.4 Å². The Balaban J connectivity index is 1.54. The fourth-order valence-corrected chi connectivity index (χ4v) is 4.56. The van der Waals surface area contributed by atoms with Gasteiger partial charge in [0, 0.05) is 40.2 Å². The highest BCUT2D eigenvalue weighted by atomic mass is 35.5. The maximum atomic E-state index is 12.7. The molecule has 1 N–H and O–H groups in total. The molecule has 0 saturated carbocycles. The van der Waals surface area contributed by atoms with Crippen LogP contribution in [-0.4, -0.2) is 31.6 Å². The minimum Gasteiger partial charge on any atom is -0.486 e. The van der Waals surface area contributed by atoms with Crippen LogP contribution in [0.5, 0.6) is 11.6 Å². The number of aromatic nitrogens is 5. The predicted molar refractivity (Wildman–Crippen MR) is 143 cm³/mol. The van der Waals surface area contributed by atoms with Crippen molar-refractivity contribution >= 4 is 22.5 Å². The number of nitriles is 1. The number of nitrogens with zero attached hydrogens (tertiary/aromatic N) is 5. The summed E-state index contributed by atoms with van der Waals surface area (Å²) in [4.78, 5) is 29.6. The molecule has 4 aromatic heterocycles. The van der Waals surface area contributed by atoms with Gasteiger partial charge in [0.2, 0.25) is 5.88 Å².